The Morgan fingerprint density at radius 1 is 1.42 bits per heavy atom. The molecule has 2 heterocycles. The molecule has 1 aliphatic rings. The number of hydrogen-bond donors (Lipinski definition) is 0. The second kappa shape index (κ2) is 6.65. The van der Waals surface area contributed by atoms with Crippen LogP contribution >= 0.6 is 11.6 Å². The summed E-state index contributed by atoms with van der Waals surface area (Å²) in [7, 11) is 5.78. The van der Waals surface area contributed by atoms with E-state index in [1.165, 1.54) is 11.0 Å². The maximum Gasteiger partial charge on any atom is 0.294 e. The fraction of sp³-hybridized carbons (Fsp3) is 0.375. The van der Waals surface area contributed by atoms with Crippen molar-refractivity contribution in [2.45, 2.75) is 19.4 Å². The molecule has 1 aromatic heterocycles. The van der Waals surface area contributed by atoms with Crippen molar-refractivity contribution in [3.63, 3.8) is 0 Å². The lowest BCUT2D eigenvalue weighted by Crippen LogP contribution is -2.34. The summed E-state index contributed by atoms with van der Waals surface area (Å²) in [4.78, 5) is 19.3. The molecule has 0 saturated carbocycles. The third-order valence-corrected chi connectivity index (χ3v) is 4.60. The number of ether oxygens (including phenoxy) is 1. The van der Waals surface area contributed by atoms with Gasteiger partial charge in [-0.05, 0) is 18.9 Å². The Morgan fingerprint density at radius 2 is 2.17 bits per heavy atom. The van der Waals surface area contributed by atoms with Crippen LogP contribution in [0.2, 0.25) is 5.15 Å². The number of aromatic nitrogens is 2. The zero-order chi connectivity index (χ0) is 17.4. The van der Waals surface area contributed by atoms with E-state index in [-0.39, 0.29) is 11.6 Å². The number of methoxy groups -OCH3 is 1. The summed E-state index contributed by atoms with van der Waals surface area (Å²) in [5.74, 6) is 0.385. The Balaban J connectivity index is 2.12. The van der Waals surface area contributed by atoms with Crippen molar-refractivity contribution in [2.75, 3.05) is 25.2 Å². The molecule has 1 aliphatic heterocycles. The van der Waals surface area contributed by atoms with Crippen molar-refractivity contribution in [1.29, 1.82) is 0 Å². The predicted octanol–water partition coefficient (Wildman–Crippen LogP) is -0.685. The highest BCUT2D eigenvalue weighted by Crippen LogP contribution is 2.30. The van der Waals surface area contributed by atoms with E-state index in [0.29, 0.717) is 17.6 Å². The van der Waals surface area contributed by atoms with Crippen LogP contribution in [0.15, 0.2) is 23.1 Å². The van der Waals surface area contributed by atoms with Crippen molar-refractivity contribution >= 4 is 49.7 Å². The molecule has 0 aliphatic carbocycles. The molecule has 24 heavy (non-hydrogen) atoms. The molecule has 0 spiro atoms. The number of hydrogen-bond acceptors (Lipinski definition) is 4. The van der Waals surface area contributed by atoms with E-state index in [1.807, 2.05) is 11.8 Å². The lowest BCUT2D eigenvalue weighted by Gasteiger charge is -2.23. The average molecular weight is 343 g/mol. The van der Waals surface area contributed by atoms with Crippen LogP contribution in [0.4, 0.5) is 11.5 Å². The molecule has 5 nitrogen and oxygen atoms in total. The van der Waals surface area contributed by atoms with Gasteiger partial charge in [-0.2, -0.15) is 0 Å². The van der Waals surface area contributed by atoms with Crippen molar-refractivity contribution in [2.24, 2.45) is 0 Å². The van der Waals surface area contributed by atoms with Gasteiger partial charge in [-0.15, -0.1) is 0 Å². The number of benzene rings is 1. The van der Waals surface area contributed by atoms with Crippen LogP contribution < -0.4 is 21.4 Å². The summed E-state index contributed by atoms with van der Waals surface area (Å²) < 4.78 is 6.78. The maximum absolute atomic E-state index is 13.0. The van der Waals surface area contributed by atoms with Gasteiger partial charge in [0.1, 0.15) is 20.8 Å². The Hall–Kier alpha value is -1.72. The van der Waals surface area contributed by atoms with E-state index < -0.39 is 0 Å². The highest BCUT2D eigenvalue weighted by molar-refractivity contribution is 6.40. The number of rotatable bonds is 4. The first kappa shape index (κ1) is 17.1. The molecule has 8 heteroatoms. The molecule has 0 amide bonds. The van der Waals surface area contributed by atoms with Crippen LogP contribution in [0.5, 0.6) is 0 Å². The molecule has 0 unspecified atom stereocenters. The van der Waals surface area contributed by atoms with Crippen LogP contribution in [0.25, 0.3) is 0 Å². The van der Waals surface area contributed by atoms with E-state index in [9.17, 15) is 4.79 Å². The molecule has 0 radical (unpaired) electrons. The lowest BCUT2D eigenvalue weighted by atomic mass is 9.84. The fourth-order valence-corrected chi connectivity index (χ4v) is 3.66. The maximum atomic E-state index is 13.0. The van der Waals surface area contributed by atoms with E-state index >= 15 is 0 Å². The molecule has 0 saturated heterocycles. The van der Waals surface area contributed by atoms with Crippen molar-refractivity contribution in [3.8, 4) is 0 Å². The molecule has 0 fully saturated rings. The summed E-state index contributed by atoms with van der Waals surface area (Å²) in [6, 6.07) is 4.20. The van der Waals surface area contributed by atoms with Gasteiger partial charge in [0, 0.05) is 25.5 Å². The van der Waals surface area contributed by atoms with Crippen LogP contribution in [-0.4, -0.2) is 45.5 Å². The minimum absolute atomic E-state index is 0.108. The van der Waals surface area contributed by atoms with Crippen LogP contribution in [-0.2, 0) is 11.2 Å². The van der Waals surface area contributed by atoms with E-state index in [0.717, 1.165) is 24.1 Å². The molecular weight excluding hydrogens is 323 g/mol. The lowest BCUT2D eigenvalue weighted by molar-refractivity contribution is 0.160. The number of nitrogens with zero attached hydrogens (tertiary/aromatic N) is 3. The highest BCUT2D eigenvalue weighted by atomic mass is 35.5. The van der Waals surface area contributed by atoms with Gasteiger partial charge in [-0.3, -0.25) is 4.79 Å². The Morgan fingerprint density at radius 3 is 2.88 bits per heavy atom. The zero-order valence-corrected chi connectivity index (χ0v) is 15.2. The van der Waals surface area contributed by atoms with Crippen LogP contribution in [0.3, 0.4) is 0 Å². The molecule has 0 N–H and O–H groups in total. The van der Waals surface area contributed by atoms with Crippen LogP contribution in [0.1, 0.15) is 18.5 Å². The third kappa shape index (κ3) is 2.98. The van der Waals surface area contributed by atoms with E-state index in [1.54, 1.807) is 17.9 Å². The summed E-state index contributed by atoms with van der Waals surface area (Å²) in [6.07, 6.45) is 2.48. The second-order valence-corrected chi connectivity index (χ2v) is 6.78. The predicted molar refractivity (Wildman–Crippen MR) is 104 cm³/mol. The largest absolute Gasteiger partial charge is 0.383 e. The van der Waals surface area contributed by atoms with Gasteiger partial charge in [0.2, 0.25) is 5.82 Å². The SMILES string of the molecule is Bc1cc(B)c2c(c1)CCN2c1nc(Cl)cn([C@H](C)COC)c1=O. The Bertz CT molecular complexity index is 841. The standard InChI is InChI=1S/C16H20B2ClN3O2/c1-9(8-24-2)22-7-13(19)20-15(16(22)23)21-4-3-10-5-11(17)6-12(18)14(10)21/h5-7,9H,3-4,8,17-18H2,1-2H3/t9-/m1/s1. The molecule has 3 rings (SSSR count). The van der Waals surface area contributed by atoms with Crippen molar-refractivity contribution in [1.82, 2.24) is 9.55 Å². The number of fused-ring (bicyclic) bond motifs is 1. The van der Waals surface area contributed by atoms with Gasteiger partial charge < -0.3 is 14.2 Å². The molecular formula is C16H20B2ClN3O2. The first-order valence-corrected chi connectivity index (χ1v) is 8.45. The van der Waals surface area contributed by atoms with Gasteiger partial charge in [0.25, 0.3) is 5.56 Å². The average Bonchev–Trinajstić information content (AvgIpc) is 2.93. The summed E-state index contributed by atoms with van der Waals surface area (Å²) >= 11 is 6.20. The quantitative estimate of drug-likeness (QED) is 0.690. The minimum Gasteiger partial charge on any atom is -0.383 e. The van der Waals surface area contributed by atoms with Crippen molar-refractivity contribution < 1.29 is 4.74 Å². The van der Waals surface area contributed by atoms with Gasteiger partial charge >= 0.3 is 0 Å². The monoisotopic (exact) mass is 343 g/mol. The summed E-state index contributed by atoms with van der Waals surface area (Å²) in [5, 5.41) is 0.311. The van der Waals surface area contributed by atoms with Crippen molar-refractivity contribution in [3.05, 3.63) is 39.4 Å². The first-order chi connectivity index (χ1) is 11.4. The highest BCUT2D eigenvalue weighted by Gasteiger charge is 2.27. The molecule has 0 bridgehead atoms. The second-order valence-electron chi connectivity index (χ2n) is 6.40. The molecule has 1 atom stereocenters. The van der Waals surface area contributed by atoms with Gasteiger partial charge in [-0.1, -0.05) is 34.7 Å². The normalized spacial score (nSPS) is 14.7. The molecule has 124 valence electrons. The topological polar surface area (TPSA) is 47.4 Å². The summed E-state index contributed by atoms with van der Waals surface area (Å²) in [6.45, 7) is 3.10. The molecule has 2 aromatic rings. The smallest absolute Gasteiger partial charge is 0.294 e. The fourth-order valence-electron chi connectivity index (χ4n) is 3.47. The van der Waals surface area contributed by atoms with Gasteiger partial charge in [0.15, 0.2) is 0 Å². The van der Waals surface area contributed by atoms with Gasteiger partial charge in [-0.25, -0.2) is 4.98 Å². The van der Waals surface area contributed by atoms with Gasteiger partial charge in [0.05, 0.1) is 12.6 Å². The number of halogens is 1. The minimum atomic E-state index is -0.142. The number of anilines is 2. The van der Waals surface area contributed by atoms with Crippen LogP contribution in [0, 0.1) is 0 Å². The third-order valence-electron chi connectivity index (χ3n) is 4.42. The van der Waals surface area contributed by atoms with E-state index in [4.69, 9.17) is 16.3 Å². The zero-order valence-electron chi connectivity index (χ0n) is 14.5. The Kier molecular flexibility index (Phi) is 4.74. The summed E-state index contributed by atoms with van der Waals surface area (Å²) in [5.41, 5.74) is 4.58. The Labute approximate surface area is 148 Å². The van der Waals surface area contributed by atoms with E-state index in [2.05, 4.69) is 32.8 Å². The molecule has 1 aromatic carbocycles. The first-order valence-electron chi connectivity index (χ1n) is 8.07.